The monoisotopic (exact) mass is 316 g/mol. The lowest BCUT2D eigenvalue weighted by molar-refractivity contribution is 0.174. The number of aromatic nitrogens is 2. The van der Waals surface area contributed by atoms with Gasteiger partial charge in [0.25, 0.3) is 0 Å². The smallest absolute Gasteiger partial charge is 0.231 e. The number of benzene rings is 1. The highest BCUT2D eigenvalue weighted by atomic mass is 16.7. The molecule has 0 radical (unpaired) electrons. The summed E-state index contributed by atoms with van der Waals surface area (Å²) in [6, 6.07) is 7.56. The van der Waals surface area contributed by atoms with E-state index in [1.54, 1.807) is 7.11 Å². The number of hydrogen-bond donors (Lipinski definition) is 2. The lowest BCUT2D eigenvalue weighted by Crippen LogP contribution is -2.08. The Hall–Kier alpha value is -2.54. The van der Waals surface area contributed by atoms with Gasteiger partial charge >= 0.3 is 0 Å². The van der Waals surface area contributed by atoms with E-state index < -0.39 is 0 Å². The van der Waals surface area contributed by atoms with Crippen LogP contribution < -0.4 is 20.1 Å². The Bertz CT molecular complexity index is 678. The Kier molecular flexibility index (Phi) is 4.77. The number of methoxy groups -OCH3 is 1. The minimum Gasteiger partial charge on any atom is -0.454 e. The molecular formula is C16H20N4O3. The van der Waals surface area contributed by atoms with Crippen LogP contribution in [0.3, 0.4) is 0 Å². The highest BCUT2D eigenvalue weighted by Gasteiger charge is 2.13. The molecule has 1 aromatic carbocycles. The van der Waals surface area contributed by atoms with Crippen molar-refractivity contribution < 1.29 is 14.2 Å². The van der Waals surface area contributed by atoms with Crippen molar-refractivity contribution in [3.05, 3.63) is 30.0 Å². The van der Waals surface area contributed by atoms with E-state index in [2.05, 4.69) is 20.6 Å². The summed E-state index contributed by atoms with van der Waals surface area (Å²) in [6.07, 6.45) is 0.921. The van der Waals surface area contributed by atoms with Gasteiger partial charge in [0.05, 0.1) is 0 Å². The number of ether oxygens (including phenoxy) is 3. The minimum absolute atomic E-state index is 0.259. The molecule has 1 aromatic heterocycles. The molecule has 2 heterocycles. The normalized spacial score (nSPS) is 12.3. The predicted octanol–water partition coefficient (Wildman–Crippen LogP) is 2.71. The zero-order valence-electron chi connectivity index (χ0n) is 13.3. The van der Waals surface area contributed by atoms with Crippen LogP contribution in [0.5, 0.6) is 11.5 Å². The fourth-order valence-corrected chi connectivity index (χ4v) is 2.25. The van der Waals surface area contributed by atoms with Crippen molar-refractivity contribution >= 4 is 17.5 Å². The van der Waals surface area contributed by atoms with Crippen molar-refractivity contribution in [2.75, 3.05) is 37.7 Å². The summed E-state index contributed by atoms with van der Waals surface area (Å²) in [5.41, 5.74) is 1.74. The number of aryl methyl sites for hydroxylation is 1. The maximum Gasteiger partial charge on any atom is 0.231 e. The highest BCUT2D eigenvalue weighted by molar-refractivity contribution is 5.61. The lowest BCUT2D eigenvalue weighted by Gasteiger charge is -2.10. The molecule has 122 valence electrons. The molecular weight excluding hydrogens is 296 g/mol. The van der Waals surface area contributed by atoms with Crippen molar-refractivity contribution in [2.24, 2.45) is 0 Å². The quantitative estimate of drug-likeness (QED) is 0.760. The summed E-state index contributed by atoms with van der Waals surface area (Å²) in [7, 11) is 1.70. The van der Waals surface area contributed by atoms with Crippen LogP contribution in [-0.2, 0) is 4.74 Å². The van der Waals surface area contributed by atoms with Crippen molar-refractivity contribution in [3.8, 4) is 11.5 Å². The van der Waals surface area contributed by atoms with Gasteiger partial charge in [-0.3, -0.25) is 0 Å². The van der Waals surface area contributed by atoms with E-state index in [-0.39, 0.29) is 6.79 Å². The number of hydrogen-bond acceptors (Lipinski definition) is 7. The topological polar surface area (TPSA) is 77.5 Å². The second-order valence-corrected chi connectivity index (χ2v) is 5.18. The number of fused-ring (bicyclic) bond motifs is 1. The summed E-state index contributed by atoms with van der Waals surface area (Å²) in [5, 5.41) is 6.47. The van der Waals surface area contributed by atoms with Crippen LogP contribution in [0.1, 0.15) is 12.1 Å². The van der Waals surface area contributed by atoms with Gasteiger partial charge in [-0.05, 0) is 25.5 Å². The predicted molar refractivity (Wildman–Crippen MR) is 87.6 cm³/mol. The van der Waals surface area contributed by atoms with E-state index in [1.165, 1.54) is 0 Å². The summed E-state index contributed by atoms with van der Waals surface area (Å²) in [6.45, 7) is 3.72. The van der Waals surface area contributed by atoms with Crippen molar-refractivity contribution in [1.82, 2.24) is 9.97 Å². The Morgan fingerprint density at radius 1 is 1.17 bits per heavy atom. The van der Waals surface area contributed by atoms with Gasteiger partial charge in [-0.25, -0.2) is 4.98 Å². The zero-order chi connectivity index (χ0) is 16.1. The first-order valence-corrected chi connectivity index (χ1v) is 7.50. The molecule has 2 aromatic rings. The van der Waals surface area contributed by atoms with Crippen molar-refractivity contribution in [2.45, 2.75) is 13.3 Å². The van der Waals surface area contributed by atoms with Crippen molar-refractivity contribution in [3.63, 3.8) is 0 Å². The summed E-state index contributed by atoms with van der Waals surface area (Å²) in [4.78, 5) is 8.88. The molecule has 7 heteroatoms. The largest absolute Gasteiger partial charge is 0.454 e. The number of anilines is 3. The molecule has 7 nitrogen and oxygen atoms in total. The maximum atomic E-state index is 5.37. The molecule has 1 aliphatic rings. The van der Waals surface area contributed by atoms with Crippen LogP contribution in [0.15, 0.2) is 24.3 Å². The highest BCUT2D eigenvalue weighted by Crippen LogP contribution is 2.34. The first kappa shape index (κ1) is 15.4. The molecule has 23 heavy (non-hydrogen) atoms. The zero-order valence-corrected chi connectivity index (χ0v) is 13.3. The van der Waals surface area contributed by atoms with Crippen LogP contribution >= 0.6 is 0 Å². The van der Waals surface area contributed by atoms with Crippen LogP contribution in [0.25, 0.3) is 0 Å². The van der Waals surface area contributed by atoms with Crippen LogP contribution in [0.2, 0.25) is 0 Å². The van der Waals surface area contributed by atoms with E-state index in [9.17, 15) is 0 Å². The second kappa shape index (κ2) is 7.15. The molecule has 0 amide bonds. The van der Waals surface area contributed by atoms with Crippen LogP contribution in [0.4, 0.5) is 17.5 Å². The molecule has 2 N–H and O–H groups in total. The molecule has 0 atom stereocenters. The number of nitrogens with one attached hydrogen (secondary N) is 2. The van der Waals surface area contributed by atoms with Gasteiger partial charge in [0.2, 0.25) is 12.7 Å². The molecule has 0 bridgehead atoms. The molecule has 0 saturated heterocycles. The molecule has 0 unspecified atom stereocenters. The van der Waals surface area contributed by atoms with E-state index in [1.807, 2.05) is 31.2 Å². The Balaban J connectivity index is 1.68. The van der Waals surface area contributed by atoms with Gasteiger partial charge in [-0.15, -0.1) is 0 Å². The molecule has 0 saturated carbocycles. The van der Waals surface area contributed by atoms with Gasteiger partial charge in [0, 0.05) is 43.8 Å². The Labute approximate surface area is 135 Å². The van der Waals surface area contributed by atoms with Gasteiger partial charge < -0.3 is 24.8 Å². The molecule has 3 rings (SSSR count). The minimum atomic E-state index is 0.259. The standard InChI is InChI=1S/C16H20N4O3/c1-11-8-15(17-6-3-7-21-2)20-16(18-11)19-12-4-5-13-14(9-12)23-10-22-13/h4-5,8-9H,3,6-7,10H2,1-2H3,(H2,17,18,19,20). The first-order valence-electron chi connectivity index (χ1n) is 7.50. The summed E-state index contributed by atoms with van der Waals surface area (Å²) in [5.74, 6) is 2.80. The van der Waals surface area contributed by atoms with Crippen LogP contribution in [0, 0.1) is 6.92 Å². The summed E-state index contributed by atoms with van der Waals surface area (Å²) >= 11 is 0. The molecule has 0 aliphatic carbocycles. The molecule has 0 spiro atoms. The average molecular weight is 316 g/mol. The average Bonchev–Trinajstić information content (AvgIpc) is 2.99. The Morgan fingerprint density at radius 2 is 2.04 bits per heavy atom. The third-order valence-corrected chi connectivity index (χ3v) is 3.31. The molecule has 1 aliphatic heterocycles. The van der Waals surface area contributed by atoms with Gasteiger partial charge in [-0.1, -0.05) is 0 Å². The van der Waals surface area contributed by atoms with E-state index >= 15 is 0 Å². The van der Waals surface area contributed by atoms with E-state index in [0.29, 0.717) is 5.95 Å². The third-order valence-electron chi connectivity index (χ3n) is 3.31. The lowest BCUT2D eigenvalue weighted by atomic mass is 10.3. The summed E-state index contributed by atoms with van der Waals surface area (Å²) < 4.78 is 15.7. The van der Waals surface area contributed by atoms with Gasteiger partial charge in [0.15, 0.2) is 11.5 Å². The van der Waals surface area contributed by atoms with Crippen molar-refractivity contribution in [1.29, 1.82) is 0 Å². The first-order chi connectivity index (χ1) is 11.2. The SMILES string of the molecule is COCCCNc1cc(C)nc(Nc2ccc3c(c2)OCO3)n1. The van der Waals surface area contributed by atoms with E-state index in [4.69, 9.17) is 14.2 Å². The fraction of sp³-hybridized carbons (Fsp3) is 0.375. The second-order valence-electron chi connectivity index (χ2n) is 5.18. The molecule has 0 fully saturated rings. The number of nitrogens with zero attached hydrogens (tertiary/aromatic N) is 2. The maximum absolute atomic E-state index is 5.37. The van der Waals surface area contributed by atoms with Crippen LogP contribution in [-0.4, -0.2) is 37.0 Å². The Morgan fingerprint density at radius 3 is 2.91 bits per heavy atom. The number of rotatable bonds is 7. The van der Waals surface area contributed by atoms with E-state index in [0.717, 1.165) is 48.3 Å². The fourth-order valence-electron chi connectivity index (χ4n) is 2.25. The van der Waals surface area contributed by atoms with Gasteiger partial charge in [0.1, 0.15) is 5.82 Å². The third kappa shape index (κ3) is 4.01. The van der Waals surface area contributed by atoms with Gasteiger partial charge in [-0.2, -0.15) is 4.98 Å².